The fourth-order valence-corrected chi connectivity index (χ4v) is 1.78. The van der Waals surface area contributed by atoms with E-state index in [4.69, 9.17) is 9.47 Å². The number of nitrogens with one attached hydrogen (secondary N) is 1. The predicted octanol–water partition coefficient (Wildman–Crippen LogP) is 2.35. The van der Waals surface area contributed by atoms with Gasteiger partial charge < -0.3 is 14.8 Å². The lowest BCUT2D eigenvalue weighted by Crippen LogP contribution is -2.18. The van der Waals surface area contributed by atoms with Crippen LogP contribution in [0.5, 0.6) is 5.75 Å². The van der Waals surface area contributed by atoms with Crippen molar-refractivity contribution in [3.8, 4) is 5.75 Å². The van der Waals surface area contributed by atoms with Gasteiger partial charge in [-0.05, 0) is 37.5 Å². The first-order valence-corrected chi connectivity index (χ1v) is 6.26. The van der Waals surface area contributed by atoms with E-state index < -0.39 is 0 Å². The van der Waals surface area contributed by atoms with Gasteiger partial charge in [0.1, 0.15) is 11.9 Å². The highest BCUT2D eigenvalue weighted by Gasteiger charge is 2.19. The van der Waals surface area contributed by atoms with Gasteiger partial charge in [-0.2, -0.15) is 0 Å². The van der Waals surface area contributed by atoms with Crippen LogP contribution < -0.4 is 10.1 Å². The molecule has 0 heterocycles. The summed E-state index contributed by atoms with van der Waals surface area (Å²) in [6, 6.07) is 9.00. The smallest absolute Gasteiger partial charge is 0.120 e. The molecule has 0 saturated heterocycles. The van der Waals surface area contributed by atoms with Gasteiger partial charge in [0, 0.05) is 19.7 Å². The molecule has 0 aromatic heterocycles. The molecule has 0 bridgehead atoms. The third-order valence-electron chi connectivity index (χ3n) is 2.81. The molecule has 1 aromatic rings. The Kier molecular flexibility index (Phi) is 4.40. The Morgan fingerprint density at radius 1 is 1.41 bits per heavy atom. The van der Waals surface area contributed by atoms with E-state index in [-0.39, 0.29) is 6.10 Å². The third kappa shape index (κ3) is 4.36. The maximum atomic E-state index is 5.77. The zero-order chi connectivity index (χ0) is 12.1. The minimum atomic E-state index is 0.0895. The van der Waals surface area contributed by atoms with Crippen LogP contribution in [0.1, 0.15) is 25.3 Å². The van der Waals surface area contributed by atoms with Gasteiger partial charge >= 0.3 is 0 Å². The lowest BCUT2D eigenvalue weighted by molar-refractivity contribution is 0.0920. The summed E-state index contributed by atoms with van der Waals surface area (Å²) in [5.41, 5.74) is 1.28. The second kappa shape index (κ2) is 6.03. The molecule has 94 valence electrons. The molecule has 1 N–H and O–H groups in total. The Balaban J connectivity index is 1.85. The molecule has 1 atom stereocenters. The minimum Gasteiger partial charge on any atom is -0.488 e. The van der Waals surface area contributed by atoms with Gasteiger partial charge in [-0.15, -0.1) is 0 Å². The van der Waals surface area contributed by atoms with Crippen molar-refractivity contribution in [3.05, 3.63) is 29.8 Å². The van der Waals surface area contributed by atoms with E-state index in [1.54, 1.807) is 7.11 Å². The van der Waals surface area contributed by atoms with E-state index in [0.29, 0.717) is 6.61 Å². The SMILES string of the molecule is COC[C@H](C)Oc1cccc(CNC2CC2)c1. The standard InChI is InChI=1S/C14H21NO2/c1-11(10-16-2)17-14-5-3-4-12(8-14)9-15-13-6-7-13/h3-5,8,11,13,15H,6-7,9-10H2,1-2H3/t11-/m0/s1. The zero-order valence-corrected chi connectivity index (χ0v) is 10.6. The number of benzene rings is 1. The molecule has 0 radical (unpaired) electrons. The number of hydrogen-bond donors (Lipinski definition) is 1. The molecule has 1 aliphatic rings. The van der Waals surface area contributed by atoms with E-state index in [1.807, 2.05) is 19.1 Å². The Morgan fingerprint density at radius 3 is 2.94 bits per heavy atom. The zero-order valence-electron chi connectivity index (χ0n) is 10.6. The lowest BCUT2D eigenvalue weighted by atomic mass is 10.2. The first-order chi connectivity index (χ1) is 8.28. The molecule has 17 heavy (non-hydrogen) atoms. The molecule has 0 amide bonds. The van der Waals surface area contributed by atoms with Gasteiger partial charge in [0.05, 0.1) is 6.61 Å². The Labute approximate surface area is 103 Å². The molecular formula is C14H21NO2. The summed E-state index contributed by atoms with van der Waals surface area (Å²) in [6.07, 6.45) is 2.73. The highest BCUT2D eigenvalue weighted by Crippen LogP contribution is 2.20. The summed E-state index contributed by atoms with van der Waals surface area (Å²) < 4.78 is 10.8. The van der Waals surface area contributed by atoms with Gasteiger partial charge in [-0.1, -0.05) is 12.1 Å². The number of methoxy groups -OCH3 is 1. The topological polar surface area (TPSA) is 30.5 Å². The summed E-state index contributed by atoms with van der Waals surface area (Å²) >= 11 is 0. The molecule has 2 rings (SSSR count). The monoisotopic (exact) mass is 235 g/mol. The second-order valence-corrected chi connectivity index (χ2v) is 4.69. The van der Waals surface area contributed by atoms with Crippen LogP contribution in [0, 0.1) is 0 Å². The van der Waals surface area contributed by atoms with Crippen LogP contribution in [0.2, 0.25) is 0 Å². The van der Waals surface area contributed by atoms with Crippen molar-refractivity contribution < 1.29 is 9.47 Å². The van der Waals surface area contributed by atoms with Crippen LogP contribution in [0.25, 0.3) is 0 Å². The molecule has 3 nitrogen and oxygen atoms in total. The van der Waals surface area contributed by atoms with Crippen molar-refractivity contribution in [1.82, 2.24) is 5.32 Å². The van der Waals surface area contributed by atoms with Crippen molar-refractivity contribution in [2.75, 3.05) is 13.7 Å². The van der Waals surface area contributed by atoms with E-state index >= 15 is 0 Å². The first-order valence-electron chi connectivity index (χ1n) is 6.26. The van der Waals surface area contributed by atoms with Crippen LogP contribution >= 0.6 is 0 Å². The molecule has 0 spiro atoms. The Morgan fingerprint density at radius 2 is 2.24 bits per heavy atom. The minimum absolute atomic E-state index is 0.0895. The summed E-state index contributed by atoms with van der Waals surface area (Å²) in [7, 11) is 1.69. The maximum Gasteiger partial charge on any atom is 0.120 e. The quantitative estimate of drug-likeness (QED) is 0.787. The highest BCUT2D eigenvalue weighted by atomic mass is 16.5. The van der Waals surface area contributed by atoms with E-state index in [0.717, 1.165) is 18.3 Å². The van der Waals surface area contributed by atoms with Crippen LogP contribution in [0.4, 0.5) is 0 Å². The summed E-state index contributed by atoms with van der Waals surface area (Å²) in [5.74, 6) is 0.921. The average molecular weight is 235 g/mol. The molecule has 3 heteroatoms. The average Bonchev–Trinajstić information content (AvgIpc) is 3.11. The molecule has 0 aliphatic heterocycles. The normalized spacial score (nSPS) is 16.8. The third-order valence-corrected chi connectivity index (χ3v) is 2.81. The van der Waals surface area contributed by atoms with Crippen molar-refractivity contribution >= 4 is 0 Å². The second-order valence-electron chi connectivity index (χ2n) is 4.69. The van der Waals surface area contributed by atoms with E-state index in [2.05, 4.69) is 17.4 Å². The van der Waals surface area contributed by atoms with Gasteiger partial charge in [0.15, 0.2) is 0 Å². The van der Waals surface area contributed by atoms with E-state index in [9.17, 15) is 0 Å². The van der Waals surface area contributed by atoms with Crippen LogP contribution in [-0.4, -0.2) is 25.9 Å². The largest absolute Gasteiger partial charge is 0.488 e. The van der Waals surface area contributed by atoms with Crippen molar-refractivity contribution in [1.29, 1.82) is 0 Å². The number of ether oxygens (including phenoxy) is 2. The molecule has 1 aliphatic carbocycles. The summed E-state index contributed by atoms with van der Waals surface area (Å²) in [5, 5.41) is 3.50. The van der Waals surface area contributed by atoms with Crippen LogP contribution in [0.3, 0.4) is 0 Å². The fraction of sp³-hybridized carbons (Fsp3) is 0.571. The summed E-state index contributed by atoms with van der Waals surface area (Å²) in [6.45, 7) is 3.56. The van der Waals surface area contributed by atoms with Crippen molar-refractivity contribution in [2.45, 2.75) is 38.5 Å². The lowest BCUT2D eigenvalue weighted by Gasteiger charge is -2.14. The Bertz CT molecular complexity index is 350. The van der Waals surface area contributed by atoms with Crippen molar-refractivity contribution in [2.24, 2.45) is 0 Å². The van der Waals surface area contributed by atoms with Gasteiger partial charge in [-0.3, -0.25) is 0 Å². The van der Waals surface area contributed by atoms with E-state index in [1.165, 1.54) is 18.4 Å². The molecule has 0 unspecified atom stereocenters. The number of hydrogen-bond acceptors (Lipinski definition) is 3. The van der Waals surface area contributed by atoms with Gasteiger partial charge in [-0.25, -0.2) is 0 Å². The van der Waals surface area contributed by atoms with Gasteiger partial charge in [0.2, 0.25) is 0 Å². The molecule has 1 aromatic carbocycles. The Hall–Kier alpha value is -1.06. The molecule has 1 fully saturated rings. The number of rotatable bonds is 7. The van der Waals surface area contributed by atoms with Crippen molar-refractivity contribution in [3.63, 3.8) is 0 Å². The molecule has 1 saturated carbocycles. The maximum absolute atomic E-state index is 5.77. The predicted molar refractivity (Wildman–Crippen MR) is 68.3 cm³/mol. The highest BCUT2D eigenvalue weighted by molar-refractivity contribution is 5.28. The summed E-state index contributed by atoms with van der Waals surface area (Å²) in [4.78, 5) is 0. The van der Waals surface area contributed by atoms with Crippen LogP contribution in [0.15, 0.2) is 24.3 Å². The molecular weight excluding hydrogens is 214 g/mol. The van der Waals surface area contributed by atoms with Gasteiger partial charge in [0.25, 0.3) is 0 Å². The fourth-order valence-electron chi connectivity index (χ4n) is 1.78. The van der Waals surface area contributed by atoms with Crippen LogP contribution in [-0.2, 0) is 11.3 Å². The first kappa shape index (κ1) is 12.4.